The van der Waals surface area contributed by atoms with Crippen LogP contribution in [0.2, 0.25) is 5.15 Å². The molecule has 0 unspecified atom stereocenters. The smallest absolute Gasteiger partial charge is 0.212 e. The van der Waals surface area contributed by atoms with Crippen LogP contribution in [0, 0.1) is 0 Å². The van der Waals surface area contributed by atoms with Crippen molar-refractivity contribution >= 4 is 17.4 Å². The highest BCUT2D eigenvalue weighted by molar-refractivity contribution is 6.31. The highest BCUT2D eigenvalue weighted by atomic mass is 35.5. The zero-order chi connectivity index (χ0) is 12.1. The number of rotatable bonds is 4. The number of nitrogens with one attached hydrogen (secondary N) is 1. The zero-order valence-corrected chi connectivity index (χ0v) is 9.98. The SMILES string of the molecule is COc1ccc(CNc2nccnc2Cl)cn1. The summed E-state index contributed by atoms with van der Waals surface area (Å²) in [4.78, 5) is 12.1. The number of methoxy groups -OCH3 is 1. The van der Waals surface area contributed by atoms with Crippen LogP contribution in [0.4, 0.5) is 5.82 Å². The number of nitrogens with zero attached hydrogens (tertiary/aromatic N) is 3. The summed E-state index contributed by atoms with van der Waals surface area (Å²) in [5, 5.41) is 3.44. The second kappa shape index (κ2) is 5.45. The van der Waals surface area contributed by atoms with Crippen LogP contribution < -0.4 is 10.1 Å². The molecule has 0 saturated carbocycles. The van der Waals surface area contributed by atoms with Crippen molar-refractivity contribution in [3.05, 3.63) is 41.4 Å². The van der Waals surface area contributed by atoms with Crippen LogP contribution in [0.3, 0.4) is 0 Å². The molecular formula is C11H11ClN4O. The molecule has 0 amide bonds. The van der Waals surface area contributed by atoms with Gasteiger partial charge in [0.05, 0.1) is 7.11 Å². The van der Waals surface area contributed by atoms with Crippen molar-refractivity contribution in [3.63, 3.8) is 0 Å². The van der Waals surface area contributed by atoms with Crippen molar-refractivity contribution in [2.75, 3.05) is 12.4 Å². The largest absolute Gasteiger partial charge is 0.481 e. The summed E-state index contributed by atoms with van der Waals surface area (Å²) >= 11 is 5.87. The predicted octanol–water partition coefficient (Wildman–Crippen LogP) is 2.15. The minimum Gasteiger partial charge on any atom is -0.481 e. The zero-order valence-electron chi connectivity index (χ0n) is 9.22. The van der Waals surface area contributed by atoms with E-state index in [-0.39, 0.29) is 0 Å². The first kappa shape index (κ1) is 11.6. The molecule has 17 heavy (non-hydrogen) atoms. The standard InChI is InChI=1S/C11H11ClN4O/c1-17-9-3-2-8(6-15-9)7-16-11-10(12)13-4-5-14-11/h2-6H,7H2,1H3,(H,14,16). The lowest BCUT2D eigenvalue weighted by molar-refractivity contribution is 0.397. The molecule has 2 aromatic heterocycles. The average Bonchev–Trinajstić information content (AvgIpc) is 2.38. The molecular weight excluding hydrogens is 240 g/mol. The maximum atomic E-state index is 5.87. The first-order chi connectivity index (χ1) is 8.29. The van der Waals surface area contributed by atoms with E-state index >= 15 is 0 Å². The second-order valence-corrected chi connectivity index (χ2v) is 3.62. The fourth-order valence-electron chi connectivity index (χ4n) is 1.26. The van der Waals surface area contributed by atoms with Gasteiger partial charge in [-0.25, -0.2) is 15.0 Å². The van der Waals surface area contributed by atoms with E-state index in [9.17, 15) is 0 Å². The molecule has 0 fully saturated rings. The van der Waals surface area contributed by atoms with E-state index in [2.05, 4.69) is 20.3 Å². The molecule has 2 aromatic rings. The lowest BCUT2D eigenvalue weighted by Crippen LogP contribution is -2.03. The molecule has 0 bridgehead atoms. The third-order valence-electron chi connectivity index (χ3n) is 2.12. The van der Waals surface area contributed by atoms with Crippen molar-refractivity contribution in [1.82, 2.24) is 15.0 Å². The molecule has 0 aromatic carbocycles. The van der Waals surface area contributed by atoms with E-state index in [0.29, 0.717) is 23.4 Å². The van der Waals surface area contributed by atoms with Crippen molar-refractivity contribution < 1.29 is 4.74 Å². The van der Waals surface area contributed by atoms with Gasteiger partial charge in [0, 0.05) is 31.2 Å². The van der Waals surface area contributed by atoms with Crippen molar-refractivity contribution in [3.8, 4) is 5.88 Å². The summed E-state index contributed by atoms with van der Waals surface area (Å²) < 4.78 is 4.98. The number of anilines is 1. The van der Waals surface area contributed by atoms with Crippen molar-refractivity contribution in [1.29, 1.82) is 0 Å². The van der Waals surface area contributed by atoms with Crippen LogP contribution in [-0.2, 0) is 6.54 Å². The van der Waals surface area contributed by atoms with Gasteiger partial charge in [-0.15, -0.1) is 0 Å². The number of pyridine rings is 1. The molecule has 1 N–H and O–H groups in total. The van der Waals surface area contributed by atoms with Crippen LogP contribution in [-0.4, -0.2) is 22.1 Å². The first-order valence-corrected chi connectivity index (χ1v) is 5.36. The van der Waals surface area contributed by atoms with E-state index in [4.69, 9.17) is 16.3 Å². The van der Waals surface area contributed by atoms with Gasteiger partial charge in [0.25, 0.3) is 0 Å². The van der Waals surface area contributed by atoms with E-state index in [1.165, 1.54) is 0 Å². The van der Waals surface area contributed by atoms with E-state index in [0.717, 1.165) is 5.56 Å². The lowest BCUT2D eigenvalue weighted by Gasteiger charge is -2.06. The molecule has 0 aliphatic heterocycles. The molecule has 6 heteroatoms. The molecule has 2 heterocycles. The molecule has 5 nitrogen and oxygen atoms in total. The van der Waals surface area contributed by atoms with Gasteiger partial charge < -0.3 is 10.1 Å². The number of halogens is 1. The Balaban J connectivity index is 2.00. The summed E-state index contributed by atoms with van der Waals surface area (Å²) in [5.41, 5.74) is 1.01. The lowest BCUT2D eigenvalue weighted by atomic mass is 10.3. The molecule has 0 aliphatic rings. The third kappa shape index (κ3) is 3.04. The minimum absolute atomic E-state index is 0.356. The fourth-order valence-corrected chi connectivity index (χ4v) is 1.43. The quantitative estimate of drug-likeness (QED) is 0.901. The monoisotopic (exact) mass is 250 g/mol. The Labute approximate surface area is 104 Å². The van der Waals surface area contributed by atoms with Gasteiger partial charge in [0.15, 0.2) is 11.0 Å². The van der Waals surface area contributed by atoms with Crippen LogP contribution >= 0.6 is 11.6 Å². The van der Waals surface area contributed by atoms with Crippen LogP contribution in [0.15, 0.2) is 30.7 Å². The Bertz CT molecular complexity index is 489. The van der Waals surface area contributed by atoms with Gasteiger partial charge >= 0.3 is 0 Å². The van der Waals surface area contributed by atoms with Crippen molar-refractivity contribution in [2.24, 2.45) is 0 Å². The first-order valence-electron chi connectivity index (χ1n) is 4.99. The number of hydrogen-bond acceptors (Lipinski definition) is 5. The normalized spacial score (nSPS) is 10.0. The number of hydrogen-bond donors (Lipinski definition) is 1. The molecule has 0 saturated heterocycles. The summed E-state index contributed by atoms with van der Waals surface area (Å²) in [7, 11) is 1.58. The van der Waals surface area contributed by atoms with Gasteiger partial charge in [0.1, 0.15) is 0 Å². The minimum atomic E-state index is 0.356. The Hall–Kier alpha value is -1.88. The summed E-state index contributed by atoms with van der Waals surface area (Å²) in [6.45, 7) is 0.579. The Morgan fingerprint density at radius 2 is 2.06 bits per heavy atom. The highest BCUT2D eigenvalue weighted by Gasteiger charge is 2.01. The maximum Gasteiger partial charge on any atom is 0.212 e. The van der Waals surface area contributed by atoms with Gasteiger partial charge in [0.2, 0.25) is 5.88 Å². The van der Waals surface area contributed by atoms with Crippen LogP contribution in [0.5, 0.6) is 5.88 Å². The second-order valence-electron chi connectivity index (χ2n) is 3.26. The maximum absolute atomic E-state index is 5.87. The molecule has 88 valence electrons. The third-order valence-corrected chi connectivity index (χ3v) is 2.40. The van der Waals surface area contributed by atoms with Gasteiger partial charge in [-0.05, 0) is 5.56 Å². The van der Waals surface area contributed by atoms with Crippen molar-refractivity contribution in [2.45, 2.75) is 6.54 Å². The molecule has 0 spiro atoms. The number of aromatic nitrogens is 3. The Morgan fingerprint density at radius 1 is 1.24 bits per heavy atom. The molecule has 0 aliphatic carbocycles. The van der Waals surface area contributed by atoms with E-state index < -0.39 is 0 Å². The van der Waals surface area contributed by atoms with Gasteiger partial charge in [-0.3, -0.25) is 0 Å². The van der Waals surface area contributed by atoms with Gasteiger partial charge in [-0.2, -0.15) is 0 Å². The molecule has 0 atom stereocenters. The fraction of sp³-hybridized carbons (Fsp3) is 0.182. The van der Waals surface area contributed by atoms with E-state index in [1.807, 2.05) is 6.07 Å². The summed E-state index contributed by atoms with van der Waals surface area (Å²) in [6, 6.07) is 3.72. The molecule has 0 radical (unpaired) electrons. The molecule has 2 rings (SSSR count). The van der Waals surface area contributed by atoms with E-state index in [1.54, 1.807) is 31.8 Å². The Kier molecular flexibility index (Phi) is 3.72. The van der Waals surface area contributed by atoms with Gasteiger partial charge in [-0.1, -0.05) is 17.7 Å². The number of ether oxygens (including phenoxy) is 1. The summed E-state index contributed by atoms with van der Waals surface area (Å²) in [6.07, 6.45) is 4.86. The average molecular weight is 251 g/mol. The predicted molar refractivity (Wildman–Crippen MR) is 65.2 cm³/mol. The van der Waals surface area contributed by atoms with Crippen LogP contribution in [0.25, 0.3) is 0 Å². The topological polar surface area (TPSA) is 59.9 Å². The van der Waals surface area contributed by atoms with Crippen LogP contribution in [0.1, 0.15) is 5.56 Å². The summed E-state index contributed by atoms with van der Waals surface area (Å²) in [5.74, 6) is 1.15. The Morgan fingerprint density at radius 3 is 2.71 bits per heavy atom. The highest BCUT2D eigenvalue weighted by Crippen LogP contribution is 2.15.